The monoisotopic (exact) mass is 195 g/mol. The molecule has 0 aromatic rings. The minimum atomic E-state index is -4.02. The largest absolute Gasteiger partial charge is 0.389 e. The highest BCUT2D eigenvalue weighted by Crippen LogP contribution is 2.48. The van der Waals surface area contributed by atoms with Crippen molar-refractivity contribution in [1.29, 1.82) is 0 Å². The highest BCUT2D eigenvalue weighted by atomic mass is 19.4. The van der Waals surface area contributed by atoms with Gasteiger partial charge in [-0.15, -0.1) is 0 Å². The topological polar surface area (TPSA) is 26.0 Å². The lowest BCUT2D eigenvalue weighted by Crippen LogP contribution is -2.54. The van der Waals surface area contributed by atoms with Crippen LogP contribution < -0.4 is 5.73 Å². The van der Waals surface area contributed by atoms with Crippen molar-refractivity contribution >= 4 is 0 Å². The van der Waals surface area contributed by atoms with E-state index in [2.05, 4.69) is 0 Å². The summed E-state index contributed by atoms with van der Waals surface area (Å²) in [5, 5.41) is 0. The van der Waals surface area contributed by atoms with Gasteiger partial charge in [-0.2, -0.15) is 13.2 Å². The molecule has 0 aromatic carbocycles. The molecule has 0 aliphatic heterocycles. The van der Waals surface area contributed by atoms with Gasteiger partial charge in [-0.3, -0.25) is 0 Å². The summed E-state index contributed by atoms with van der Waals surface area (Å²) in [5.41, 5.74) is 5.60. The van der Waals surface area contributed by atoms with Crippen LogP contribution in [0.2, 0.25) is 0 Å². The van der Waals surface area contributed by atoms with E-state index in [0.717, 1.165) is 6.42 Å². The number of rotatable bonds is 2. The van der Waals surface area contributed by atoms with Crippen LogP contribution in [0.3, 0.4) is 0 Å². The standard InChI is InChI=1S/C9H16F3N/c1-8(2)6(5-7(8)13)3-4-9(10,11)12/h6-7H,3-5,13H2,1-2H3/t6-,7+/m1/s1. The average Bonchev–Trinajstić information content (AvgIpc) is 1.95. The molecule has 4 heteroatoms. The fourth-order valence-corrected chi connectivity index (χ4v) is 1.88. The maximum atomic E-state index is 11.9. The molecule has 2 N–H and O–H groups in total. The lowest BCUT2D eigenvalue weighted by Gasteiger charge is -2.50. The average molecular weight is 195 g/mol. The van der Waals surface area contributed by atoms with E-state index in [4.69, 9.17) is 5.73 Å². The first-order valence-corrected chi connectivity index (χ1v) is 4.56. The third-order valence-electron chi connectivity index (χ3n) is 3.32. The van der Waals surface area contributed by atoms with Gasteiger partial charge in [0.2, 0.25) is 0 Å². The third kappa shape index (κ3) is 2.36. The third-order valence-corrected chi connectivity index (χ3v) is 3.32. The first kappa shape index (κ1) is 10.8. The zero-order valence-corrected chi connectivity index (χ0v) is 7.99. The zero-order valence-electron chi connectivity index (χ0n) is 7.99. The van der Waals surface area contributed by atoms with Gasteiger partial charge in [-0.05, 0) is 24.2 Å². The van der Waals surface area contributed by atoms with E-state index in [9.17, 15) is 13.2 Å². The highest BCUT2D eigenvalue weighted by Gasteiger charge is 2.46. The van der Waals surface area contributed by atoms with Crippen LogP contribution in [-0.2, 0) is 0 Å². The van der Waals surface area contributed by atoms with Gasteiger partial charge in [0.25, 0.3) is 0 Å². The van der Waals surface area contributed by atoms with Gasteiger partial charge >= 0.3 is 6.18 Å². The molecule has 0 bridgehead atoms. The van der Waals surface area contributed by atoms with Crippen molar-refractivity contribution in [2.24, 2.45) is 17.1 Å². The number of nitrogens with two attached hydrogens (primary N) is 1. The van der Waals surface area contributed by atoms with Crippen molar-refractivity contribution in [3.05, 3.63) is 0 Å². The van der Waals surface area contributed by atoms with E-state index in [1.807, 2.05) is 13.8 Å². The Morgan fingerprint density at radius 1 is 1.38 bits per heavy atom. The Bertz CT molecular complexity index is 186. The molecule has 0 radical (unpaired) electrons. The van der Waals surface area contributed by atoms with E-state index in [-0.39, 0.29) is 23.8 Å². The molecule has 1 saturated carbocycles. The summed E-state index contributed by atoms with van der Waals surface area (Å²) in [6, 6.07) is 0.0748. The van der Waals surface area contributed by atoms with Gasteiger partial charge in [0.1, 0.15) is 0 Å². The van der Waals surface area contributed by atoms with Crippen LogP contribution in [0.1, 0.15) is 33.1 Å². The predicted octanol–water partition coefficient (Wildman–Crippen LogP) is 2.70. The van der Waals surface area contributed by atoms with Crippen LogP contribution in [0, 0.1) is 11.3 Å². The van der Waals surface area contributed by atoms with Crippen LogP contribution in [-0.4, -0.2) is 12.2 Å². The molecule has 13 heavy (non-hydrogen) atoms. The Balaban J connectivity index is 2.33. The molecule has 78 valence electrons. The second-order valence-electron chi connectivity index (χ2n) is 4.51. The minimum absolute atomic E-state index is 0.0748. The van der Waals surface area contributed by atoms with Crippen LogP contribution >= 0.6 is 0 Å². The predicted molar refractivity (Wildman–Crippen MR) is 45.2 cm³/mol. The van der Waals surface area contributed by atoms with Gasteiger partial charge in [0.15, 0.2) is 0 Å². The normalized spacial score (nSPS) is 32.8. The van der Waals surface area contributed by atoms with E-state index in [1.54, 1.807) is 0 Å². The van der Waals surface area contributed by atoms with E-state index >= 15 is 0 Å². The summed E-state index contributed by atoms with van der Waals surface area (Å²) in [6.07, 6.45) is -3.73. The molecule has 0 saturated heterocycles. The smallest absolute Gasteiger partial charge is 0.327 e. The SMILES string of the molecule is CC1(C)[C@H](CCC(F)(F)F)C[C@@H]1N. The maximum absolute atomic E-state index is 11.9. The number of alkyl halides is 3. The Morgan fingerprint density at radius 2 is 1.92 bits per heavy atom. The van der Waals surface area contributed by atoms with Gasteiger partial charge < -0.3 is 5.73 Å². The van der Waals surface area contributed by atoms with E-state index in [1.165, 1.54) is 0 Å². The molecular weight excluding hydrogens is 179 g/mol. The number of hydrogen-bond donors (Lipinski definition) is 1. The maximum Gasteiger partial charge on any atom is 0.389 e. The number of halogens is 3. The molecule has 0 heterocycles. The molecule has 0 spiro atoms. The summed E-state index contributed by atoms with van der Waals surface area (Å²) in [5.74, 6) is 0.143. The van der Waals surface area contributed by atoms with E-state index < -0.39 is 12.6 Å². The highest BCUT2D eigenvalue weighted by molar-refractivity contribution is 4.99. The summed E-state index contributed by atoms with van der Waals surface area (Å²) in [7, 11) is 0. The summed E-state index contributed by atoms with van der Waals surface area (Å²) in [6.45, 7) is 3.89. The van der Waals surface area contributed by atoms with Gasteiger partial charge in [-0.1, -0.05) is 13.8 Å². The molecule has 1 rings (SSSR count). The first-order chi connectivity index (χ1) is 5.73. The van der Waals surface area contributed by atoms with Crippen LogP contribution in [0.5, 0.6) is 0 Å². The molecule has 0 unspecified atom stereocenters. The molecule has 1 nitrogen and oxygen atoms in total. The van der Waals surface area contributed by atoms with Crippen molar-refractivity contribution in [3.8, 4) is 0 Å². The van der Waals surface area contributed by atoms with Gasteiger partial charge in [0.05, 0.1) is 0 Å². The summed E-state index contributed by atoms with van der Waals surface area (Å²) >= 11 is 0. The summed E-state index contributed by atoms with van der Waals surface area (Å²) in [4.78, 5) is 0. The second-order valence-corrected chi connectivity index (χ2v) is 4.51. The molecule has 0 amide bonds. The fraction of sp³-hybridized carbons (Fsp3) is 1.00. The molecule has 0 aromatic heterocycles. The molecular formula is C9H16F3N. The lowest BCUT2D eigenvalue weighted by molar-refractivity contribution is -0.144. The Kier molecular flexibility index (Phi) is 2.63. The van der Waals surface area contributed by atoms with Crippen LogP contribution in [0.25, 0.3) is 0 Å². The zero-order chi connectivity index (χ0) is 10.3. The number of hydrogen-bond acceptors (Lipinski definition) is 1. The van der Waals surface area contributed by atoms with Crippen molar-refractivity contribution in [2.45, 2.75) is 45.3 Å². The quantitative estimate of drug-likeness (QED) is 0.720. The van der Waals surface area contributed by atoms with Crippen LogP contribution in [0.4, 0.5) is 13.2 Å². The lowest BCUT2D eigenvalue weighted by atomic mass is 9.57. The Labute approximate surface area is 76.5 Å². The van der Waals surface area contributed by atoms with Gasteiger partial charge in [0, 0.05) is 12.5 Å². The second kappa shape index (κ2) is 3.15. The van der Waals surface area contributed by atoms with Crippen LogP contribution in [0.15, 0.2) is 0 Å². The van der Waals surface area contributed by atoms with Crippen molar-refractivity contribution in [2.75, 3.05) is 0 Å². The molecule has 1 fully saturated rings. The Morgan fingerprint density at radius 3 is 2.23 bits per heavy atom. The molecule has 1 aliphatic carbocycles. The van der Waals surface area contributed by atoms with Crippen molar-refractivity contribution in [1.82, 2.24) is 0 Å². The first-order valence-electron chi connectivity index (χ1n) is 4.56. The minimum Gasteiger partial charge on any atom is -0.327 e. The van der Waals surface area contributed by atoms with E-state index in [0.29, 0.717) is 0 Å². The molecule has 2 atom stereocenters. The molecule has 1 aliphatic rings. The van der Waals surface area contributed by atoms with Crippen molar-refractivity contribution in [3.63, 3.8) is 0 Å². The summed E-state index contributed by atoms with van der Waals surface area (Å²) < 4.78 is 35.7. The van der Waals surface area contributed by atoms with Crippen molar-refractivity contribution < 1.29 is 13.2 Å². The Hall–Kier alpha value is -0.250. The fourth-order valence-electron chi connectivity index (χ4n) is 1.88. The van der Waals surface area contributed by atoms with Gasteiger partial charge in [-0.25, -0.2) is 0 Å².